The summed E-state index contributed by atoms with van der Waals surface area (Å²) in [5.74, 6) is 0.285. The molecule has 108 valence electrons. The summed E-state index contributed by atoms with van der Waals surface area (Å²) in [6, 6.07) is 0. The van der Waals surface area contributed by atoms with E-state index in [1.54, 1.807) is 10.8 Å². The molecule has 0 aromatic carbocycles. The molecule has 2 atom stereocenters. The molecule has 1 fully saturated rings. The van der Waals surface area contributed by atoms with Gasteiger partial charge >= 0.3 is 6.18 Å². The zero-order valence-electron chi connectivity index (χ0n) is 10.5. The van der Waals surface area contributed by atoms with Crippen molar-refractivity contribution < 1.29 is 18.3 Å². The van der Waals surface area contributed by atoms with Crippen LogP contribution in [0.1, 0.15) is 19.3 Å². The van der Waals surface area contributed by atoms with Crippen molar-refractivity contribution in [1.29, 1.82) is 0 Å². The summed E-state index contributed by atoms with van der Waals surface area (Å²) in [4.78, 5) is 12.0. The molecule has 1 aliphatic carbocycles. The van der Waals surface area contributed by atoms with Gasteiger partial charge in [0.05, 0.1) is 6.33 Å². The fraction of sp³-hybridized carbons (Fsp3) is 0.583. The summed E-state index contributed by atoms with van der Waals surface area (Å²) in [7, 11) is 0. The van der Waals surface area contributed by atoms with Gasteiger partial charge in [-0.05, 0) is 25.2 Å². The van der Waals surface area contributed by atoms with Crippen molar-refractivity contribution in [3.8, 4) is 11.5 Å². The highest BCUT2D eigenvalue weighted by atomic mass is 19.4. The van der Waals surface area contributed by atoms with E-state index in [1.807, 2.05) is 0 Å². The van der Waals surface area contributed by atoms with Crippen molar-refractivity contribution in [2.45, 2.75) is 37.6 Å². The highest BCUT2D eigenvalue weighted by molar-refractivity contribution is 5.47. The van der Waals surface area contributed by atoms with Crippen LogP contribution in [0.2, 0.25) is 0 Å². The van der Waals surface area contributed by atoms with Crippen LogP contribution in [0.15, 0.2) is 18.9 Å². The molecule has 2 heterocycles. The van der Waals surface area contributed by atoms with Gasteiger partial charge in [-0.25, -0.2) is 15.0 Å². The van der Waals surface area contributed by atoms with E-state index in [-0.39, 0.29) is 18.8 Å². The smallest absolute Gasteiger partial charge is 0.380 e. The second-order valence-electron chi connectivity index (χ2n) is 5.29. The number of hydrogen-bond donors (Lipinski definition) is 1. The first-order valence-corrected chi connectivity index (χ1v) is 6.29. The minimum atomic E-state index is -4.56. The molecule has 0 bridgehead atoms. The molecule has 3 rings (SSSR count). The first-order valence-electron chi connectivity index (χ1n) is 6.29. The zero-order valence-corrected chi connectivity index (χ0v) is 10.5. The van der Waals surface area contributed by atoms with Crippen LogP contribution in [-0.2, 0) is 6.54 Å². The Bertz CT molecular complexity index is 584. The van der Waals surface area contributed by atoms with Crippen LogP contribution >= 0.6 is 0 Å². The molecule has 0 amide bonds. The van der Waals surface area contributed by atoms with E-state index < -0.39 is 11.8 Å². The number of aliphatic hydroxyl groups is 1. The fourth-order valence-corrected chi connectivity index (χ4v) is 2.72. The second-order valence-corrected chi connectivity index (χ2v) is 5.29. The summed E-state index contributed by atoms with van der Waals surface area (Å²) in [5.41, 5.74) is -1.94. The van der Waals surface area contributed by atoms with Crippen LogP contribution in [0, 0.1) is 5.92 Å². The molecule has 1 N–H and O–H groups in total. The molecular formula is C12H13F3N4O. The number of hydrogen-bond acceptors (Lipinski definition) is 4. The lowest BCUT2D eigenvalue weighted by atomic mass is 9.99. The molecule has 0 aromatic heterocycles. The van der Waals surface area contributed by atoms with Gasteiger partial charge in [0.25, 0.3) is 0 Å². The summed E-state index contributed by atoms with van der Waals surface area (Å²) >= 11 is 0. The van der Waals surface area contributed by atoms with Gasteiger partial charge in [-0.15, -0.1) is 0 Å². The minimum absolute atomic E-state index is 0.228. The van der Waals surface area contributed by atoms with E-state index in [4.69, 9.17) is 0 Å². The SMILES string of the molecule is OC1(C(F)(F)F)CCC(Cn2cnc3ncnc-3c2)C1. The van der Waals surface area contributed by atoms with E-state index in [1.165, 1.54) is 12.7 Å². The quantitative estimate of drug-likeness (QED) is 0.915. The summed E-state index contributed by atoms with van der Waals surface area (Å²) in [5, 5.41) is 9.64. The molecule has 3 aliphatic rings. The van der Waals surface area contributed by atoms with Gasteiger partial charge in [0.1, 0.15) is 12.0 Å². The monoisotopic (exact) mass is 286 g/mol. The third-order valence-electron chi connectivity index (χ3n) is 3.81. The maximum atomic E-state index is 12.7. The van der Waals surface area contributed by atoms with E-state index in [9.17, 15) is 18.3 Å². The van der Waals surface area contributed by atoms with Gasteiger partial charge < -0.3 is 9.67 Å². The standard InChI is InChI=1S/C12H13F3N4O/c13-12(14,15)11(20)2-1-8(3-11)4-19-5-9-10(18-7-19)17-6-16-9/h5-8,20H,1-4H2. The lowest BCUT2D eigenvalue weighted by molar-refractivity contribution is -0.258. The van der Waals surface area contributed by atoms with Crippen molar-refractivity contribution in [2.75, 3.05) is 0 Å². The molecule has 2 unspecified atom stereocenters. The van der Waals surface area contributed by atoms with Crippen LogP contribution in [0.25, 0.3) is 11.5 Å². The van der Waals surface area contributed by atoms with Crippen LogP contribution < -0.4 is 0 Å². The molecule has 0 spiro atoms. The van der Waals surface area contributed by atoms with Gasteiger partial charge in [0.2, 0.25) is 0 Å². The molecule has 1 saturated carbocycles. The number of nitrogens with zero attached hydrogens (tertiary/aromatic N) is 4. The van der Waals surface area contributed by atoms with Gasteiger partial charge in [0.15, 0.2) is 11.4 Å². The first kappa shape index (κ1) is 13.3. The molecule has 8 heteroatoms. The van der Waals surface area contributed by atoms with Gasteiger partial charge in [-0.1, -0.05) is 0 Å². The number of rotatable bonds is 2. The van der Waals surface area contributed by atoms with Crippen LogP contribution in [0.3, 0.4) is 0 Å². The van der Waals surface area contributed by atoms with Crippen molar-refractivity contribution >= 4 is 0 Å². The predicted octanol–water partition coefficient (Wildman–Crippen LogP) is 1.87. The Labute approximate surface area is 112 Å². The minimum Gasteiger partial charge on any atom is -0.380 e. The molecule has 2 aliphatic heterocycles. The average molecular weight is 286 g/mol. The summed E-state index contributed by atoms with van der Waals surface area (Å²) in [6.07, 6.45) is -0.108. The van der Waals surface area contributed by atoms with E-state index in [2.05, 4.69) is 15.0 Å². The van der Waals surface area contributed by atoms with Crippen molar-refractivity contribution in [3.63, 3.8) is 0 Å². The Kier molecular flexibility index (Phi) is 2.93. The normalized spacial score (nSPS) is 27.3. The number of fused-ring (bicyclic) bond motifs is 1. The largest absolute Gasteiger partial charge is 0.417 e. The van der Waals surface area contributed by atoms with E-state index in [0.29, 0.717) is 24.5 Å². The van der Waals surface area contributed by atoms with E-state index >= 15 is 0 Å². The summed E-state index contributed by atoms with van der Waals surface area (Å²) < 4.78 is 39.9. The molecule has 0 radical (unpaired) electrons. The van der Waals surface area contributed by atoms with Gasteiger partial charge in [-0.3, -0.25) is 0 Å². The number of imidazole rings is 1. The van der Waals surface area contributed by atoms with Crippen LogP contribution in [-0.4, -0.2) is 36.4 Å². The van der Waals surface area contributed by atoms with Crippen molar-refractivity contribution in [2.24, 2.45) is 5.92 Å². The molecule has 0 saturated heterocycles. The molecule has 0 aromatic rings. The Morgan fingerprint density at radius 2 is 2.15 bits per heavy atom. The van der Waals surface area contributed by atoms with Crippen LogP contribution in [0.4, 0.5) is 13.2 Å². The first-order chi connectivity index (χ1) is 9.37. The Balaban J connectivity index is 1.72. The number of aromatic nitrogens is 4. The summed E-state index contributed by atoms with van der Waals surface area (Å²) in [6.45, 7) is 0.383. The van der Waals surface area contributed by atoms with Gasteiger partial charge in [-0.2, -0.15) is 13.2 Å². The predicted molar refractivity (Wildman–Crippen MR) is 62.8 cm³/mol. The number of halogens is 3. The molecule has 20 heavy (non-hydrogen) atoms. The molecular weight excluding hydrogens is 273 g/mol. The number of alkyl halides is 3. The highest BCUT2D eigenvalue weighted by Gasteiger charge is 2.57. The maximum Gasteiger partial charge on any atom is 0.417 e. The third kappa shape index (κ3) is 2.24. The molecule has 5 nitrogen and oxygen atoms in total. The van der Waals surface area contributed by atoms with Gasteiger partial charge in [0, 0.05) is 12.7 Å². The second kappa shape index (κ2) is 4.41. The third-order valence-corrected chi connectivity index (χ3v) is 3.81. The average Bonchev–Trinajstić information content (AvgIpc) is 2.95. The van der Waals surface area contributed by atoms with Crippen molar-refractivity contribution in [3.05, 3.63) is 18.9 Å². The maximum absolute atomic E-state index is 12.7. The topological polar surface area (TPSA) is 63.8 Å². The Hall–Kier alpha value is -1.70. The Morgan fingerprint density at radius 1 is 1.35 bits per heavy atom. The Morgan fingerprint density at radius 3 is 2.85 bits per heavy atom. The fourth-order valence-electron chi connectivity index (χ4n) is 2.72. The van der Waals surface area contributed by atoms with Crippen molar-refractivity contribution in [1.82, 2.24) is 19.5 Å². The van der Waals surface area contributed by atoms with E-state index in [0.717, 1.165) is 0 Å². The lowest BCUT2D eigenvalue weighted by Crippen LogP contribution is -2.42. The lowest BCUT2D eigenvalue weighted by Gasteiger charge is -2.25. The zero-order chi connectivity index (χ0) is 14.4. The van der Waals surface area contributed by atoms with Crippen LogP contribution in [0.5, 0.6) is 0 Å². The highest BCUT2D eigenvalue weighted by Crippen LogP contribution is 2.45.